The Morgan fingerprint density at radius 1 is 1.00 bits per heavy atom. The fourth-order valence-corrected chi connectivity index (χ4v) is 2.94. The minimum atomic E-state index is -0.361. The van der Waals surface area contributed by atoms with Gasteiger partial charge in [-0.3, -0.25) is 14.9 Å². The van der Waals surface area contributed by atoms with Gasteiger partial charge in [0.1, 0.15) is 5.75 Å². The SMILES string of the molecule is CCCCCOc1ccc(C(=O)NC(=S)Nc2ccccc2C(=O)NCCCO)cc1. The van der Waals surface area contributed by atoms with E-state index in [1.54, 1.807) is 48.5 Å². The van der Waals surface area contributed by atoms with Crippen LogP contribution in [0.2, 0.25) is 0 Å². The van der Waals surface area contributed by atoms with Gasteiger partial charge in [-0.25, -0.2) is 0 Å². The van der Waals surface area contributed by atoms with Crippen LogP contribution in [0.5, 0.6) is 5.75 Å². The van der Waals surface area contributed by atoms with Crippen molar-refractivity contribution < 1.29 is 19.4 Å². The summed E-state index contributed by atoms with van der Waals surface area (Å²) in [4.78, 5) is 24.8. The van der Waals surface area contributed by atoms with Crippen molar-refractivity contribution in [1.29, 1.82) is 0 Å². The molecule has 0 aliphatic heterocycles. The predicted octanol–water partition coefficient (Wildman–Crippen LogP) is 3.49. The van der Waals surface area contributed by atoms with Crippen LogP contribution >= 0.6 is 12.2 Å². The summed E-state index contributed by atoms with van der Waals surface area (Å²) >= 11 is 5.24. The van der Waals surface area contributed by atoms with Crippen molar-refractivity contribution in [2.24, 2.45) is 0 Å². The van der Waals surface area contributed by atoms with Crippen LogP contribution in [-0.2, 0) is 0 Å². The van der Waals surface area contributed by atoms with Crippen molar-refractivity contribution in [3.05, 3.63) is 59.7 Å². The number of ether oxygens (including phenoxy) is 1. The molecule has 2 aromatic rings. The summed E-state index contributed by atoms with van der Waals surface area (Å²) in [5.41, 5.74) is 1.31. The van der Waals surface area contributed by atoms with Gasteiger partial charge in [0.25, 0.3) is 11.8 Å². The molecule has 8 heteroatoms. The number of unbranched alkanes of at least 4 members (excludes halogenated alkanes) is 2. The number of aliphatic hydroxyl groups is 1. The molecule has 0 aromatic heterocycles. The Hall–Kier alpha value is -2.97. The zero-order valence-electron chi connectivity index (χ0n) is 17.6. The number of aliphatic hydroxyl groups excluding tert-OH is 1. The summed E-state index contributed by atoms with van der Waals surface area (Å²) in [7, 11) is 0. The predicted molar refractivity (Wildman–Crippen MR) is 126 cm³/mol. The molecule has 0 unspecified atom stereocenters. The normalized spacial score (nSPS) is 10.3. The van der Waals surface area contributed by atoms with Gasteiger partial charge in [0.15, 0.2) is 5.11 Å². The van der Waals surface area contributed by atoms with Crippen molar-refractivity contribution in [2.75, 3.05) is 25.1 Å². The molecular weight excluding hydrogens is 414 g/mol. The Morgan fingerprint density at radius 3 is 2.45 bits per heavy atom. The molecule has 0 bridgehead atoms. The summed E-state index contributed by atoms with van der Waals surface area (Å²) in [5.74, 6) is 0.0644. The molecule has 0 saturated heterocycles. The third-order valence-electron chi connectivity index (χ3n) is 4.40. The first-order chi connectivity index (χ1) is 15.0. The number of hydrogen-bond donors (Lipinski definition) is 4. The van der Waals surface area contributed by atoms with Crippen LogP contribution in [0.3, 0.4) is 0 Å². The molecule has 0 aliphatic carbocycles. The molecular formula is C23H29N3O4S. The Kier molecular flexibility index (Phi) is 10.5. The Morgan fingerprint density at radius 2 is 1.74 bits per heavy atom. The molecule has 7 nitrogen and oxygen atoms in total. The van der Waals surface area contributed by atoms with Crippen molar-refractivity contribution in [3.63, 3.8) is 0 Å². The highest BCUT2D eigenvalue weighted by Crippen LogP contribution is 2.16. The molecule has 0 fully saturated rings. The summed E-state index contributed by atoms with van der Waals surface area (Å²) < 4.78 is 5.65. The highest BCUT2D eigenvalue weighted by Gasteiger charge is 2.13. The largest absolute Gasteiger partial charge is 0.494 e. The average Bonchev–Trinajstić information content (AvgIpc) is 2.77. The second kappa shape index (κ2) is 13.4. The van der Waals surface area contributed by atoms with Crippen LogP contribution in [0, 0.1) is 0 Å². The lowest BCUT2D eigenvalue weighted by atomic mass is 10.1. The first kappa shape index (κ1) is 24.3. The van der Waals surface area contributed by atoms with Crippen molar-refractivity contribution in [3.8, 4) is 5.75 Å². The molecule has 166 valence electrons. The lowest BCUT2D eigenvalue weighted by molar-refractivity contribution is 0.0950. The molecule has 2 rings (SSSR count). The molecule has 4 N–H and O–H groups in total. The van der Waals surface area contributed by atoms with Crippen molar-refractivity contribution in [1.82, 2.24) is 10.6 Å². The maximum atomic E-state index is 12.5. The van der Waals surface area contributed by atoms with Gasteiger partial charge in [0.2, 0.25) is 0 Å². The fourth-order valence-electron chi connectivity index (χ4n) is 2.74. The molecule has 0 heterocycles. The van der Waals surface area contributed by atoms with E-state index in [2.05, 4.69) is 22.9 Å². The first-order valence-corrected chi connectivity index (χ1v) is 10.8. The molecule has 0 spiro atoms. The monoisotopic (exact) mass is 443 g/mol. The Balaban J connectivity index is 1.91. The average molecular weight is 444 g/mol. The zero-order valence-corrected chi connectivity index (χ0v) is 18.5. The second-order valence-electron chi connectivity index (χ2n) is 6.87. The lowest BCUT2D eigenvalue weighted by Crippen LogP contribution is -2.35. The number of carbonyl (C=O) groups is 2. The number of thiocarbonyl (C=S) groups is 1. The maximum absolute atomic E-state index is 12.5. The fraction of sp³-hybridized carbons (Fsp3) is 0.348. The van der Waals surface area contributed by atoms with Crippen LogP contribution in [-0.4, -0.2) is 41.8 Å². The molecule has 0 aliphatic rings. The molecule has 0 saturated carbocycles. The molecule has 2 amide bonds. The number of rotatable bonds is 11. The van der Waals surface area contributed by atoms with E-state index in [1.807, 2.05) is 0 Å². The number of para-hydroxylation sites is 1. The van der Waals surface area contributed by atoms with Crippen LogP contribution in [0.1, 0.15) is 53.3 Å². The highest BCUT2D eigenvalue weighted by molar-refractivity contribution is 7.80. The van der Waals surface area contributed by atoms with Crippen LogP contribution in [0.25, 0.3) is 0 Å². The van der Waals surface area contributed by atoms with E-state index in [0.717, 1.165) is 25.0 Å². The van der Waals surface area contributed by atoms with Gasteiger partial charge in [0, 0.05) is 18.7 Å². The summed E-state index contributed by atoms with van der Waals surface area (Å²) in [6.45, 7) is 3.16. The van der Waals surface area contributed by atoms with Gasteiger partial charge in [0.05, 0.1) is 17.9 Å². The van der Waals surface area contributed by atoms with E-state index >= 15 is 0 Å². The smallest absolute Gasteiger partial charge is 0.257 e. The van der Waals surface area contributed by atoms with Crippen LogP contribution in [0.4, 0.5) is 5.69 Å². The minimum absolute atomic E-state index is 0.00224. The zero-order chi connectivity index (χ0) is 22.5. The van der Waals surface area contributed by atoms with Crippen LogP contribution in [0.15, 0.2) is 48.5 Å². The van der Waals surface area contributed by atoms with Crippen LogP contribution < -0.4 is 20.7 Å². The van der Waals surface area contributed by atoms with Gasteiger partial charge in [-0.2, -0.15) is 0 Å². The van der Waals surface area contributed by atoms with Gasteiger partial charge in [-0.05, 0) is 61.5 Å². The number of nitrogens with one attached hydrogen (secondary N) is 3. The van der Waals surface area contributed by atoms with Gasteiger partial charge in [-0.15, -0.1) is 0 Å². The maximum Gasteiger partial charge on any atom is 0.257 e. The standard InChI is InChI=1S/C23H29N3O4S/c1-2-3-6-16-30-18-12-10-17(11-13-18)21(28)26-23(31)25-20-9-5-4-8-19(20)22(29)24-14-7-15-27/h4-5,8-13,27H,2-3,6-7,14-16H2,1H3,(H,24,29)(H2,25,26,28,31). The van der Waals surface area contributed by atoms with Gasteiger partial charge >= 0.3 is 0 Å². The summed E-state index contributed by atoms with van der Waals surface area (Å²) in [6, 6.07) is 13.7. The Bertz CT molecular complexity index is 871. The number of hydrogen-bond acceptors (Lipinski definition) is 5. The molecule has 31 heavy (non-hydrogen) atoms. The van der Waals surface area contributed by atoms with Gasteiger partial charge < -0.3 is 20.5 Å². The molecule has 2 aromatic carbocycles. The Labute approximate surface area is 188 Å². The van der Waals surface area contributed by atoms with Crippen molar-refractivity contribution in [2.45, 2.75) is 32.6 Å². The quantitative estimate of drug-likeness (QED) is 0.313. The van der Waals surface area contributed by atoms with E-state index in [0.29, 0.717) is 36.4 Å². The third kappa shape index (κ3) is 8.35. The summed E-state index contributed by atoms with van der Waals surface area (Å²) in [6.07, 6.45) is 3.73. The highest BCUT2D eigenvalue weighted by atomic mass is 32.1. The molecule has 0 radical (unpaired) electrons. The van der Waals surface area contributed by atoms with E-state index in [9.17, 15) is 9.59 Å². The number of anilines is 1. The lowest BCUT2D eigenvalue weighted by Gasteiger charge is -2.13. The van der Waals surface area contributed by atoms with E-state index in [4.69, 9.17) is 22.1 Å². The number of benzene rings is 2. The molecule has 0 atom stereocenters. The first-order valence-electron chi connectivity index (χ1n) is 10.4. The number of amides is 2. The van der Waals surface area contributed by atoms with E-state index < -0.39 is 0 Å². The van der Waals surface area contributed by atoms with Gasteiger partial charge in [-0.1, -0.05) is 31.9 Å². The third-order valence-corrected chi connectivity index (χ3v) is 4.60. The second-order valence-corrected chi connectivity index (χ2v) is 7.28. The minimum Gasteiger partial charge on any atom is -0.494 e. The topological polar surface area (TPSA) is 99.7 Å². The summed E-state index contributed by atoms with van der Waals surface area (Å²) in [5, 5.41) is 17.2. The number of carbonyl (C=O) groups excluding carboxylic acids is 2. The van der Waals surface area contributed by atoms with E-state index in [1.165, 1.54) is 0 Å². The van der Waals surface area contributed by atoms with Crippen molar-refractivity contribution >= 4 is 34.8 Å². The van der Waals surface area contributed by atoms with E-state index in [-0.39, 0.29) is 23.5 Å².